The van der Waals surface area contributed by atoms with Crippen molar-refractivity contribution in [2.45, 2.75) is 32.7 Å². The zero-order valence-electron chi connectivity index (χ0n) is 14.1. The second-order valence-corrected chi connectivity index (χ2v) is 5.26. The van der Waals surface area contributed by atoms with Crippen molar-refractivity contribution < 1.29 is 9.53 Å². The number of benzene rings is 1. The first-order valence-electron chi connectivity index (χ1n) is 7.84. The zero-order chi connectivity index (χ0) is 17.1. The molecular formula is C18H25N3O2. The summed E-state index contributed by atoms with van der Waals surface area (Å²) in [6.45, 7) is 5.30. The molecule has 0 aromatic heterocycles. The summed E-state index contributed by atoms with van der Waals surface area (Å²) < 4.78 is 4.94. The van der Waals surface area contributed by atoms with Gasteiger partial charge in [-0.1, -0.05) is 31.2 Å². The third-order valence-electron chi connectivity index (χ3n) is 3.52. The van der Waals surface area contributed by atoms with Crippen LogP contribution in [0, 0.1) is 11.3 Å². The summed E-state index contributed by atoms with van der Waals surface area (Å²) in [4.78, 5) is 12.1. The number of amides is 1. The summed E-state index contributed by atoms with van der Waals surface area (Å²) in [6.07, 6.45) is 3.25. The van der Waals surface area contributed by atoms with Gasteiger partial charge in [-0.3, -0.25) is 4.79 Å². The fourth-order valence-electron chi connectivity index (χ4n) is 2.04. The molecule has 0 radical (unpaired) electrons. The molecule has 0 aliphatic rings. The first-order valence-corrected chi connectivity index (χ1v) is 7.84. The van der Waals surface area contributed by atoms with Crippen LogP contribution in [0.2, 0.25) is 0 Å². The average Bonchev–Trinajstić information content (AvgIpc) is 2.58. The van der Waals surface area contributed by atoms with E-state index >= 15 is 0 Å². The second-order valence-electron chi connectivity index (χ2n) is 5.26. The molecule has 0 heterocycles. The topological polar surface area (TPSA) is 74.2 Å². The van der Waals surface area contributed by atoms with Crippen LogP contribution in [0.25, 0.3) is 0 Å². The highest BCUT2D eigenvalue weighted by atomic mass is 16.5. The van der Waals surface area contributed by atoms with E-state index in [-0.39, 0.29) is 17.5 Å². The minimum absolute atomic E-state index is 0.0689. The van der Waals surface area contributed by atoms with Crippen molar-refractivity contribution in [2.24, 2.45) is 0 Å². The molecule has 0 saturated heterocycles. The van der Waals surface area contributed by atoms with E-state index in [1.165, 1.54) is 11.8 Å². The van der Waals surface area contributed by atoms with Gasteiger partial charge in [0, 0.05) is 26.5 Å². The van der Waals surface area contributed by atoms with E-state index in [0.29, 0.717) is 13.2 Å². The SMILES string of the molecule is CCc1ccc(C(C)NC(=O)/C(C#N)=C\NCCCOC)cc1. The Morgan fingerprint density at radius 1 is 1.39 bits per heavy atom. The van der Waals surface area contributed by atoms with Crippen molar-refractivity contribution in [3.05, 3.63) is 47.2 Å². The molecule has 124 valence electrons. The van der Waals surface area contributed by atoms with E-state index in [9.17, 15) is 4.79 Å². The van der Waals surface area contributed by atoms with Gasteiger partial charge < -0.3 is 15.4 Å². The van der Waals surface area contributed by atoms with Crippen LogP contribution in [-0.4, -0.2) is 26.2 Å². The van der Waals surface area contributed by atoms with Crippen LogP contribution in [0.3, 0.4) is 0 Å². The molecule has 1 rings (SSSR count). The summed E-state index contributed by atoms with van der Waals surface area (Å²) in [5, 5.41) is 14.9. The lowest BCUT2D eigenvalue weighted by molar-refractivity contribution is -0.117. The highest BCUT2D eigenvalue weighted by molar-refractivity contribution is 5.97. The first kappa shape index (κ1) is 18.7. The Labute approximate surface area is 138 Å². The van der Waals surface area contributed by atoms with Crippen molar-refractivity contribution in [2.75, 3.05) is 20.3 Å². The average molecular weight is 315 g/mol. The van der Waals surface area contributed by atoms with Gasteiger partial charge in [0.25, 0.3) is 5.91 Å². The van der Waals surface area contributed by atoms with E-state index in [0.717, 1.165) is 18.4 Å². The van der Waals surface area contributed by atoms with Gasteiger partial charge in [0.2, 0.25) is 0 Å². The number of ether oxygens (including phenoxy) is 1. The summed E-state index contributed by atoms with van der Waals surface area (Å²) in [6, 6.07) is 9.88. The molecule has 0 saturated carbocycles. The van der Waals surface area contributed by atoms with E-state index in [1.54, 1.807) is 7.11 Å². The third-order valence-corrected chi connectivity index (χ3v) is 3.52. The molecule has 1 aromatic rings. The van der Waals surface area contributed by atoms with Crippen LogP contribution in [-0.2, 0) is 16.0 Å². The highest BCUT2D eigenvalue weighted by Crippen LogP contribution is 2.14. The number of carbonyl (C=O) groups excluding carboxylic acids is 1. The molecule has 0 spiro atoms. The molecule has 0 aliphatic carbocycles. The fourth-order valence-corrected chi connectivity index (χ4v) is 2.04. The number of carbonyl (C=O) groups is 1. The van der Waals surface area contributed by atoms with Crippen molar-refractivity contribution in [1.29, 1.82) is 5.26 Å². The number of nitriles is 1. The number of nitrogens with one attached hydrogen (secondary N) is 2. The molecule has 23 heavy (non-hydrogen) atoms. The second kappa shape index (κ2) is 10.4. The largest absolute Gasteiger partial charge is 0.390 e. The Balaban J connectivity index is 2.57. The molecule has 1 unspecified atom stereocenters. The predicted octanol–water partition coefficient (Wildman–Crippen LogP) is 2.46. The van der Waals surface area contributed by atoms with Gasteiger partial charge in [-0.05, 0) is 30.9 Å². The minimum Gasteiger partial charge on any atom is -0.390 e. The van der Waals surface area contributed by atoms with Crippen LogP contribution in [0.4, 0.5) is 0 Å². The van der Waals surface area contributed by atoms with Crippen LogP contribution >= 0.6 is 0 Å². The number of hydrogen-bond donors (Lipinski definition) is 2. The van der Waals surface area contributed by atoms with Gasteiger partial charge in [-0.15, -0.1) is 0 Å². The zero-order valence-corrected chi connectivity index (χ0v) is 14.1. The molecule has 0 aliphatic heterocycles. The third kappa shape index (κ3) is 6.54. The first-order chi connectivity index (χ1) is 11.1. The lowest BCUT2D eigenvalue weighted by Crippen LogP contribution is -2.28. The molecule has 1 atom stereocenters. The van der Waals surface area contributed by atoms with Gasteiger partial charge in [0.1, 0.15) is 11.6 Å². The normalized spacial score (nSPS) is 12.3. The predicted molar refractivity (Wildman–Crippen MR) is 90.6 cm³/mol. The number of aryl methyl sites for hydroxylation is 1. The summed E-state index contributed by atoms with van der Waals surface area (Å²) >= 11 is 0. The maximum Gasteiger partial charge on any atom is 0.263 e. The van der Waals surface area contributed by atoms with Crippen molar-refractivity contribution in [1.82, 2.24) is 10.6 Å². The summed E-state index contributed by atoms with van der Waals surface area (Å²) in [5.41, 5.74) is 2.34. The Kier molecular flexibility index (Phi) is 8.48. The molecule has 0 bridgehead atoms. The molecule has 1 amide bonds. The monoisotopic (exact) mass is 315 g/mol. The fraction of sp³-hybridized carbons (Fsp3) is 0.444. The minimum atomic E-state index is -0.376. The van der Waals surface area contributed by atoms with Crippen LogP contribution < -0.4 is 10.6 Å². The number of rotatable bonds is 9. The Bertz CT molecular complexity index is 559. The highest BCUT2D eigenvalue weighted by Gasteiger charge is 2.13. The standard InChI is InChI=1S/C18H25N3O2/c1-4-15-6-8-16(9-7-15)14(2)21-18(22)17(12-19)13-20-10-5-11-23-3/h6-9,13-14,20H,4-5,10-11H2,1-3H3,(H,21,22)/b17-13-. The van der Waals surface area contributed by atoms with Crippen LogP contribution in [0.1, 0.15) is 37.4 Å². The molecule has 0 fully saturated rings. The van der Waals surface area contributed by atoms with E-state index in [1.807, 2.05) is 25.1 Å². The summed E-state index contributed by atoms with van der Waals surface area (Å²) in [5.74, 6) is -0.376. The lowest BCUT2D eigenvalue weighted by atomic mass is 10.0. The van der Waals surface area contributed by atoms with Crippen molar-refractivity contribution in [3.8, 4) is 6.07 Å². The van der Waals surface area contributed by atoms with E-state index in [4.69, 9.17) is 10.00 Å². The molecular weight excluding hydrogens is 290 g/mol. The lowest BCUT2D eigenvalue weighted by Gasteiger charge is -2.14. The van der Waals surface area contributed by atoms with Gasteiger partial charge in [-0.2, -0.15) is 5.26 Å². The van der Waals surface area contributed by atoms with Crippen molar-refractivity contribution >= 4 is 5.91 Å². The maximum atomic E-state index is 12.1. The maximum absolute atomic E-state index is 12.1. The Morgan fingerprint density at radius 2 is 2.09 bits per heavy atom. The number of hydrogen-bond acceptors (Lipinski definition) is 4. The quantitative estimate of drug-likeness (QED) is 0.417. The van der Waals surface area contributed by atoms with Crippen LogP contribution in [0.5, 0.6) is 0 Å². The van der Waals surface area contributed by atoms with E-state index in [2.05, 4.69) is 29.7 Å². The molecule has 5 nitrogen and oxygen atoms in total. The Hall–Kier alpha value is -2.32. The van der Waals surface area contributed by atoms with Gasteiger partial charge >= 0.3 is 0 Å². The van der Waals surface area contributed by atoms with Gasteiger partial charge in [-0.25, -0.2) is 0 Å². The molecule has 5 heteroatoms. The molecule has 1 aromatic carbocycles. The molecule has 2 N–H and O–H groups in total. The number of nitrogens with zero attached hydrogens (tertiary/aromatic N) is 1. The number of methoxy groups -OCH3 is 1. The summed E-state index contributed by atoms with van der Waals surface area (Å²) in [7, 11) is 1.64. The Morgan fingerprint density at radius 3 is 2.65 bits per heavy atom. The van der Waals surface area contributed by atoms with Gasteiger partial charge in [0.05, 0.1) is 6.04 Å². The van der Waals surface area contributed by atoms with Crippen LogP contribution in [0.15, 0.2) is 36.0 Å². The smallest absolute Gasteiger partial charge is 0.263 e. The van der Waals surface area contributed by atoms with Gasteiger partial charge in [0.15, 0.2) is 0 Å². The van der Waals surface area contributed by atoms with Crippen molar-refractivity contribution in [3.63, 3.8) is 0 Å². The van der Waals surface area contributed by atoms with E-state index < -0.39 is 0 Å².